The van der Waals surface area contributed by atoms with Gasteiger partial charge in [0.25, 0.3) is 0 Å². The van der Waals surface area contributed by atoms with E-state index in [1.807, 2.05) is 0 Å². The maximum Gasteiger partial charge on any atom is 0.0273 e. The van der Waals surface area contributed by atoms with Crippen LogP contribution in [0.3, 0.4) is 0 Å². The van der Waals surface area contributed by atoms with Gasteiger partial charge >= 0.3 is 0 Å². The minimum atomic E-state index is 0.700. The molecule has 0 amide bonds. The Morgan fingerprint density at radius 3 is 2.94 bits per heavy atom. The van der Waals surface area contributed by atoms with Crippen LogP contribution < -0.4 is 0 Å². The molecule has 1 nitrogen and oxygen atoms in total. The van der Waals surface area contributed by atoms with Gasteiger partial charge in [-0.2, -0.15) is 0 Å². The van der Waals surface area contributed by atoms with E-state index >= 15 is 0 Å². The van der Waals surface area contributed by atoms with Crippen LogP contribution in [0.25, 0.3) is 0 Å². The van der Waals surface area contributed by atoms with Crippen LogP contribution in [0, 0.1) is 0 Å². The van der Waals surface area contributed by atoms with Gasteiger partial charge in [0.1, 0.15) is 0 Å². The van der Waals surface area contributed by atoms with Gasteiger partial charge in [0.05, 0.1) is 0 Å². The lowest BCUT2D eigenvalue weighted by Gasteiger charge is -2.30. The summed E-state index contributed by atoms with van der Waals surface area (Å²) in [4.78, 5) is 3.28. The normalized spacial score (nSPS) is 24.9. The van der Waals surface area contributed by atoms with Crippen molar-refractivity contribution in [3.63, 3.8) is 0 Å². The highest BCUT2D eigenvalue weighted by atomic mass is 79.9. The van der Waals surface area contributed by atoms with E-state index in [0.29, 0.717) is 4.83 Å². The number of aryl methyl sites for hydroxylation is 2. The molecule has 1 aliphatic heterocycles. The van der Waals surface area contributed by atoms with Gasteiger partial charge in [-0.1, -0.05) is 34.1 Å². The first-order chi connectivity index (χ1) is 8.31. The van der Waals surface area contributed by atoms with Crippen molar-refractivity contribution in [3.8, 4) is 0 Å². The van der Waals surface area contributed by atoms with Crippen LogP contribution in [-0.2, 0) is 19.4 Å². The summed E-state index contributed by atoms with van der Waals surface area (Å²) < 4.78 is 0. The molecule has 2 aliphatic rings. The fourth-order valence-corrected chi connectivity index (χ4v) is 3.86. The van der Waals surface area contributed by atoms with Gasteiger partial charge in [0, 0.05) is 17.9 Å². The van der Waals surface area contributed by atoms with E-state index in [1.54, 1.807) is 11.1 Å². The summed E-state index contributed by atoms with van der Waals surface area (Å²) in [6.45, 7) is 3.60. The summed E-state index contributed by atoms with van der Waals surface area (Å²) in [6.07, 6.45) is 6.61. The van der Waals surface area contributed by atoms with Crippen molar-refractivity contribution in [1.29, 1.82) is 0 Å². The van der Waals surface area contributed by atoms with Gasteiger partial charge in [-0.3, -0.25) is 4.90 Å². The Morgan fingerprint density at radius 2 is 2.06 bits per heavy atom. The summed E-state index contributed by atoms with van der Waals surface area (Å²) in [5.41, 5.74) is 4.70. The molecule has 2 heteroatoms. The van der Waals surface area contributed by atoms with E-state index in [9.17, 15) is 0 Å². The molecule has 0 spiro atoms. The number of rotatable bonds is 2. The number of hydrogen-bond donors (Lipinski definition) is 0. The zero-order chi connectivity index (χ0) is 11.7. The van der Waals surface area contributed by atoms with Gasteiger partial charge in [0.15, 0.2) is 0 Å². The SMILES string of the molecule is BrC1CCCN(Cc2ccc3c(c2)CCC3)C1. The molecule has 1 aromatic rings. The molecular formula is C15H20BrN. The van der Waals surface area contributed by atoms with Crippen LogP contribution in [0.2, 0.25) is 0 Å². The lowest BCUT2D eigenvalue weighted by molar-refractivity contribution is 0.228. The van der Waals surface area contributed by atoms with Crippen molar-refractivity contribution in [2.75, 3.05) is 13.1 Å². The molecule has 1 fully saturated rings. The topological polar surface area (TPSA) is 3.24 Å². The molecule has 1 saturated heterocycles. The van der Waals surface area contributed by atoms with Gasteiger partial charge < -0.3 is 0 Å². The Bertz CT molecular complexity index is 402. The Balaban J connectivity index is 1.68. The third-order valence-electron chi connectivity index (χ3n) is 4.02. The standard InChI is InChI=1S/C15H20BrN/c16-15-5-2-8-17(11-15)10-12-6-7-13-3-1-4-14(13)9-12/h6-7,9,15H,1-5,8,10-11H2. The Labute approximate surface area is 112 Å². The van der Waals surface area contributed by atoms with Gasteiger partial charge in [0.2, 0.25) is 0 Å². The van der Waals surface area contributed by atoms with Crippen molar-refractivity contribution in [3.05, 3.63) is 34.9 Å². The maximum atomic E-state index is 3.75. The maximum absolute atomic E-state index is 3.75. The smallest absolute Gasteiger partial charge is 0.0273 e. The zero-order valence-corrected chi connectivity index (χ0v) is 11.9. The van der Waals surface area contributed by atoms with E-state index in [4.69, 9.17) is 0 Å². The summed E-state index contributed by atoms with van der Waals surface area (Å²) in [7, 11) is 0. The minimum absolute atomic E-state index is 0.700. The number of fused-ring (bicyclic) bond motifs is 1. The number of likely N-dealkylation sites (tertiary alicyclic amines) is 1. The number of hydrogen-bond acceptors (Lipinski definition) is 1. The molecular weight excluding hydrogens is 274 g/mol. The van der Waals surface area contributed by atoms with Crippen molar-refractivity contribution >= 4 is 15.9 Å². The van der Waals surface area contributed by atoms with Crippen LogP contribution in [0.15, 0.2) is 18.2 Å². The molecule has 1 atom stereocenters. The van der Waals surface area contributed by atoms with Crippen molar-refractivity contribution in [2.45, 2.75) is 43.5 Å². The van der Waals surface area contributed by atoms with Crippen LogP contribution in [0.5, 0.6) is 0 Å². The van der Waals surface area contributed by atoms with E-state index < -0.39 is 0 Å². The molecule has 1 aliphatic carbocycles. The predicted octanol–water partition coefficient (Wildman–Crippen LogP) is 3.53. The molecule has 1 heterocycles. The molecule has 1 aromatic carbocycles. The third-order valence-corrected chi connectivity index (χ3v) is 4.76. The summed E-state index contributed by atoms with van der Waals surface area (Å²) in [5, 5.41) is 0. The minimum Gasteiger partial charge on any atom is -0.298 e. The van der Waals surface area contributed by atoms with Gasteiger partial charge in [-0.05, 0) is 55.3 Å². The molecule has 0 aromatic heterocycles. The molecule has 3 rings (SSSR count). The van der Waals surface area contributed by atoms with Crippen molar-refractivity contribution in [1.82, 2.24) is 4.90 Å². The fraction of sp³-hybridized carbons (Fsp3) is 0.600. The highest BCUT2D eigenvalue weighted by Crippen LogP contribution is 2.24. The number of benzene rings is 1. The molecule has 1 unspecified atom stereocenters. The second-order valence-corrected chi connectivity index (χ2v) is 6.73. The highest BCUT2D eigenvalue weighted by molar-refractivity contribution is 9.09. The van der Waals surface area contributed by atoms with E-state index in [-0.39, 0.29) is 0 Å². The van der Waals surface area contributed by atoms with E-state index in [0.717, 1.165) is 6.54 Å². The van der Waals surface area contributed by atoms with Gasteiger partial charge in [-0.25, -0.2) is 0 Å². The molecule has 0 saturated carbocycles. The second kappa shape index (κ2) is 5.11. The lowest BCUT2D eigenvalue weighted by atomic mass is 10.0. The average Bonchev–Trinajstić information content (AvgIpc) is 2.76. The zero-order valence-electron chi connectivity index (χ0n) is 10.3. The van der Waals surface area contributed by atoms with E-state index in [1.165, 1.54) is 50.8 Å². The van der Waals surface area contributed by atoms with Crippen LogP contribution in [0.4, 0.5) is 0 Å². The molecule has 17 heavy (non-hydrogen) atoms. The number of piperidine rings is 1. The van der Waals surface area contributed by atoms with E-state index in [2.05, 4.69) is 39.0 Å². The highest BCUT2D eigenvalue weighted by Gasteiger charge is 2.18. The monoisotopic (exact) mass is 293 g/mol. The first kappa shape index (κ1) is 11.7. The fourth-order valence-electron chi connectivity index (χ4n) is 3.12. The number of nitrogens with zero attached hydrogens (tertiary/aromatic N) is 1. The summed E-state index contributed by atoms with van der Waals surface area (Å²) in [5.74, 6) is 0. The number of halogens is 1. The summed E-state index contributed by atoms with van der Waals surface area (Å²) in [6, 6.07) is 7.13. The largest absolute Gasteiger partial charge is 0.298 e. The molecule has 0 radical (unpaired) electrons. The quantitative estimate of drug-likeness (QED) is 0.754. The first-order valence-corrected chi connectivity index (χ1v) is 7.70. The number of alkyl halides is 1. The Kier molecular flexibility index (Phi) is 3.53. The average molecular weight is 294 g/mol. The van der Waals surface area contributed by atoms with Crippen LogP contribution >= 0.6 is 15.9 Å². The third kappa shape index (κ3) is 2.74. The Morgan fingerprint density at radius 1 is 1.18 bits per heavy atom. The molecule has 92 valence electrons. The molecule has 0 N–H and O–H groups in total. The predicted molar refractivity (Wildman–Crippen MR) is 75.7 cm³/mol. The summed E-state index contributed by atoms with van der Waals surface area (Å²) >= 11 is 3.75. The second-order valence-electron chi connectivity index (χ2n) is 5.43. The van der Waals surface area contributed by atoms with Crippen molar-refractivity contribution < 1.29 is 0 Å². The van der Waals surface area contributed by atoms with Crippen LogP contribution in [0.1, 0.15) is 36.0 Å². The van der Waals surface area contributed by atoms with Crippen LogP contribution in [-0.4, -0.2) is 22.8 Å². The van der Waals surface area contributed by atoms with Crippen molar-refractivity contribution in [2.24, 2.45) is 0 Å². The lowest BCUT2D eigenvalue weighted by Crippen LogP contribution is -2.35. The first-order valence-electron chi connectivity index (χ1n) is 6.78. The Hall–Kier alpha value is -0.340. The molecule has 0 bridgehead atoms. The van der Waals surface area contributed by atoms with Gasteiger partial charge in [-0.15, -0.1) is 0 Å².